The first kappa shape index (κ1) is 12.0. The fourth-order valence-corrected chi connectivity index (χ4v) is 1.83. The minimum Gasteiger partial charge on any atom is -0.382 e. The van der Waals surface area contributed by atoms with Crippen molar-refractivity contribution in [3.8, 4) is 0 Å². The number of nitrogens with one attached hydrogen (secondary N) is 1. The first-order chi connectivity index (χ1) is 6.93. The molecule has 3 nitrogen and oxygen atoms in total. The Morgan fingerprint density at radius 3 is 3.00 bits per heavy atom. The average Bonchev–Trinajstić information content (AvgIpc) is 2.46. The van der Waals surface area contributed by atoms with Crippen LogP contribution >= 0.6 is 0 Å². The fourth-order valence-electron chi connectivity index (χ4n) is 1.83. The highest BCUT2D eigenvalue weighted by Crippen LogP contribution is 2.14. The van der Waals surface area contributed by atoms with Crippen LogP contribution in [0.4, 0.5) is 0 Å². The minimum atomic E-state index is 0.711. The Hall–Kier alpha value is -0.120. The van der Waals surface area contributed by atoms with E-state index in [-0.39, 0.29) is 0 Å². The zero-order chi connectivity index (χ0) is 10.1. The van der Waals surface area contributed by atoms with E-state index in [2.05, 4.69) is 5.32 Å². The lowest BCUT2D eigenvalue weighted by atomic mass is 10.0. The third kappa shape index (κ3) is 5.58. The van der Waals surface area contributed by atoms with Crippen LogP contribution in [0, 0.1) is 5.92 Å². The lowest BCUT2D eigenvalue weighted by Gasteiger charge is -2.13. The number of rotatable bonds is 6. The molecule has 0 amide bonds. The smallest absolute Gasteiger partial charge is 0.0700 e. The second-order valence-corrected chi connectivity index (χ2v) is 3.96. The molecule has 0 radical (unpaired) electrons. The number of ether oxygens (including phenoxy) is 2. The molecule has 1 fully saturated rings. The number of methoxy groups -OCH3 is 1. The molecule has 3 heteroatoms. The quantitative estimate of drug-likeness (QED) is 0.659. The summed E-state index contributed by atoms with van der Waals surface area (Å²) in [7, 11) is 1.71. The van der Waals surface area contributed by atoms with E-state index >= 15 is 0 Å². The van der Waals surface area contributed by atoms with Gasteiger partial charge in [0.05, 0.1) is 13.2 Å². The molecular formula is C11H23NO2. The summed E-state index contributed by atoms with van der Waals surface area (Å²) in [6.07, 6.45) is 5.26. The standard InChI is InChI=1S/C11H23NO2/c1-13-8-9-14-7-5-11-4-2-3-6-12-10-11/h11-12H,2-10H2,1H3. The van der Waals surface area contributed by atoms with E-state index in [0.717, 1.165) is 19.1 Å². The van der Waals surface area contributed by atoms with Gasteiger partial charge in [-0.15, -0.1) is 0 Å². The molecule has 14 heavy (non-hydrogen) atoms. The average molecular weight is 201 g/mol. The molecule has 1 N–H and O–H groups in total. The van der Waals surface area contributed by atoms with Crippen molar-refractivity contribution in [2.24, 2.45) is 5.92 Å². The van der Waals surface area contributed by atoms with E-state index in [0.29, 0.717) is 6.61 Å². The molecule has 1 heterocycles. The maximum Gasteiger partial charge on any atom is 0.0700 e. The van der Waals surface area contributed by atoms with Crippen LogP contribution in [0.25, 0.3) is 0 Å². The van der Waals surface area contributed by atoms with Gasteiger partial charge in [-0.25, -0.2) is 0 Å². The van der Waals surface area contributed by atoms with Crippen LogP contribution in [-0.2, 0) is 9.47 Å². The molecule has 0 aromatic heterocycles. The van der Waals surface area contributed by atoms with Gasteiger partial charge in [-0.3, -0.25) is 0 Å². The largest absolute Gasteiger partial charge is 0.382 e. The summed E-state index contributed by atoms with van der Waals surface area (Å²) in [4.78, 5) is 0. The highest BCUT2D eigenvalue weighted by Gasteiger charge is 2.10. The Balaban J connectivity index is 1.93. The molecule has 84 valence electrons. The molecule has 1 atom stereocenters. The molecule has 1 aliphatic heterocycles. The van der Waals surface area contributed by atoms with Gasteiger partial charge in [-0.05, 0) is 38.3 Å². The SMILES string of the molecule is COCCOCCC1CCCCNC1. The second kappa shape index (κ2) is 8.21. The van der Waals surface area contributed by atoms with Crippen molar-refractivity contribution >= 4 is 0 Å². The van der Waals surface area contributed by atoms with Crippen LogP contribution < -0.4 is 5.32 Å². The molecule has 1 rings (SSSR count). The lowest BCUT2D eigenvalue weighted by Crippen LogP contribution is -2.21. The molecular weight excluding hydrogens is 178 g/mol. The van der Waals surface area contributed by atoms with Crippen LogP contribution in [0.3, 0.4) is 0 Å². The fraction of sp³-hybridized carbons (Fsp3) is 1.00. The van der Waals surface area contributed by atoms with E-state index in [1.165, 1.54) is 38.8 Å². The van der Waals surface area contributed by atoms with Crippen molar-refractivity contribution in [1.29, 1.82) is 0 Å². The molecule has 0 aromatic rings. The lowest BCUT2D eigenvalue weighted by molar-refractivity contribution is 0.0634. The van der Waals surface area contributed by atoms with Gasteiger partial charge in [0.1, 0.15) is 0 Å². The molecule has 1 unspecified atom stereocenters. The second-order valence-electron chi connectivity index (χ2n) is 3.96. The molecule has 0 aliphatic carbocycles. The van der Waals surface area contributed by atoms with Gasteiger partial charge < -0.3 is 14.8 Å². The first-order valence-electron chi connectivity index (χ1n) is 5.71. The van der Waals surface area contributed by atoms with Crippen molar-refractivity contribution in [3.63, 3.8) is 0 Å². The van der Waals surface area contributed by atoms with Crippen LogP contribution in [-0.4, -0.2) is 40.0 Å². The topological polar surface area (TPSA) is 30.5 Å². The van der Waals surface area contributed by atoms with Gasteiger partial charge in [-0.1, -0.05) is 6.42 Å². The van der Waals surface area contributed by atoms with Crippen molar-refractivity contribution in [2.75, 3.05) is 40.0 Å². The highest BCUT2D eigenvalue weighted by atomic mass is 16.5. The zero-order valence-electron chi connectivity index (χ0n) is 9.26. The minimum absolute atomic E-state index is 0.711. The summed E-state index contributed by atoms with van der Waals surface area (Å²) in [6, 6.07) is 0. The van der Waals surface area contributed by atoms with Crippen LogP contribution in [0.1, 0.15) is 25.7 Å². The van der Waals surface area contributed by atoms with Gasteiger partial charge in [0.15, 0.2) is 0 Å². The Bertz CT molecular complexity index is 122. The van der Waals surface area contributed by atoms with Crippen LogP contribution in [0.15, 0.2) is 0 Å². The Morgan fingerprint density at radius 1 is 1.21 bits per heavy atom. The molecule has 0 spiro atoms. The Kier molecular flexibility index (Phi) is 7.01. The van der Waals surface area contributed by atoms with E-state index in [1.807, 2.05) is 0 Å². The van der Waals surface area contributed by atoms with Crippen molar-refractivity contribution in [2.45, 2.75) is 25.7 Å². The van der Waals surface area contributed by atoms with Gasteiger partial charge >= 0.3 is 0 Å². The third-order valence-corrected chi connectivity index (χ3v) is 2.75. The summed E-state index contributed by atoms with van der Waals surface area (Å²) in [5.41, 5.74) is 0. The summed E-state index contributed by atoms with van der Waals surface area (Å²) in [6.45, 7) is 4.70. The van der Waals surface area contributed by atoms with Crippen molar-refractivity contribution in [1.82, 2.24) is 5.32 Å². The Morgan fingerprint density at radius 2 is 2.14 bits per heavy atom. The molecule has 0 aromatic carbocycles. The number of hydrogen-bond donors (Lipinski definition) is 1. The van der Waals surface area contributed by atoms with E-state index < -0.39 is 0 Å². The maximum atomic E-state index is 5.46. The van der Waals surface area contributed by atoms with E-state index in [9.17, 15) is 0 Å². The summed E-state index contributed by atoms with van der Waals surface area (Å²) >= 11 is 0. The summed E-state index contributed by atoms with van der Waals surface area (Å²) in [5.74, 6) is 0.819. The number of hydrogen-bond acceptors (Lipinski definition) is 3. The van der Waals surface area contributed by atoms with E-state index in [4.69, 9.17) is 9.47 Å². The first-order valence-corrected chi connectivity index (χ1v) is 5.71. The zero-order valence-corrected chi connectivity index (χ0v) is 9.26. The molecule has 1 saturated heterocycles. The Labute approximate surface area is 87.2 Å². The normalized spacial score (nSPS) is 23.4. The van der Waals surface area contributed by atoms with E-state index in [1.54, 1.807) is 7.11 Å². The van der Waals surface area contributed by atoms with Gasteiger partial charge in [0.2, 0.25) is 0 Å². The monoisotopic (exact) mass is 201 g/mol. The van der Waals surface area contributed by atoms with Gasteiger partial charge in [-0.2, -0.15) is 0 Å². The highest BCUT2D eigenvalue weighted by molar-refractivity contribution is 4.67. The molecule has 1 aliphatic rings. The third-order valence-electron chi connectivity index (χ3n) is 2.75. The predicted molar refractivity (Wildman–Crippen MR) is 57.5 cm³/mol. The van der Waals surface area contributed by atoms with Gasteiger partial charge in [0.25, 0.3) is 0 Å². The van der Waals surface area contributed by atoms with Gasteiger partial charge in [0, 0.05) is 13.7 Å². The maximum absolute atomic E-state index is 5.46. The van der Waals surface area contributed by atoms with Crippen molar-refractivity contribution in [3.05, 3.63) is 0 Å². The summed E-state index contributed by atoms with van der Waals surface area (Å²) < 4.78 is 10.4. The molecule has 0 bridgehead atoms. The molecule has 0 saturated carbocycles. The van der Waals surface area contributed by atoms with Crippen LogP contribution in [0.5, 0.6) is 0 Å². The predicted octanol–water partition coefficient (Wildman–Crippen LogP) is 1.43. The summed E-state index contributed by atoms with van der Waals surface area (Å²) in [5, 5.41) is 3.47. The van der Waals surface area contributed by atoms with Crippen molar-refractivity contribution < 1.29 is 9.47 Å². The van der Waals surface area contributed by atoms with Crippen LogP contribution in [0.2, 0.25) is 0 Å².